The van der Waals surface area contributed by atoms with Crippen molar-refractivity contribution >= 4 is 11.8 Å². The number of hydrogen-bond donors (Lipinski definition) is 0. The van der Waals surface area contributed by atoms with E-state index in [1.54, 1.807) is 0 Å². The lowest BCUT2D eigenvalue weighted by atomic mass is 10.3. The largest absolute Gasteiger partial charge is 0.363 e. The lowest BCUT2D eigenvalue weighted by Crippen LogP contribution is -2.27. The van der Waals surface area contributed by atoms with Gasteiger partial charge in [-0.3, -0.25) is 0 Å². The molecule has 2 aliphatic rings. The van der Waals surface area contributed by atoms with Crippen LogP contribution in [0.25, 0.3) is 0 Å². The fourth-order valence-electron chi connectivity index (χ4n) is 1.30. The van der Waals surface area contributed by atoms with E-state index in [0.717, 1.165) is 0 Å². The summed E-state index contributed by atoms with van der Waals surface area (Å²) in [4.78, 5) is 2.34. The van der Waals surface area contributed by atoms with E-state index in [4.69, 9.17) is 0 Å². The highest BCUT2D eigenvalue weighted by Crippen LogP contribution is 2.52. The van der Waals surface area contributed by atoms with E-state index in [9.17, 15) is 0 Å². The van der Waals surface area contributed by atoms with E-state index in [-0.39, 0.29) is 0 Å². The van der Waals surface area contributed by atoms with Crippen LogP contribution < -0.4 is 0 Å². The molecule has 1 aliphatic carbocycles. The summed E-state index contributed by atoms with van der Waals surface area (Å²) in [5.74, 6) is 1.28. The molecule has 0 unspecified atom stereocenters. The van der Waals surface area contributed by atoms with Gasteiger partial charge in [-0.05, 0) is 12.8 Å². The monoisotopic (exact) mass is 141 g/mol. The molecular formula is C7H11NS. The Labute approximate surface area is 60.1 Å². The zero-order valence-corrected chi connectivity index (χ0v) is 6.50. The summed E-state index contributed by atoms with van der Waals surface area (Å²) in [6.45, 7) is 3.96. The molecule has 2 fully saturated rings. The van der Waals surface area contributed by atoms with Gasteiger partial charge in [-0.2, -0.15) is 0 Å². The minimum absolute atomic E-state index is 0.571. The topological polar surface area (TPSA) is 3.24 Å². The van der Waals surface area contributed by atoms with E-state index in [1.165, 1.54) is 23.6 Å². The van der Waals surface area contributed by atoms with Crippen LogP contribution in [0.3, 0.4) is 0 Å². The Morgan fingerprint density at radius 3 is 2.56 bits per heavy atom. The summed E-state index contributed by atoms with van der Waals surface area (Å²) >= 11 is 1.91. The first-order valence-electron chi connectivity index (χ1n) is 3.30. The third-order valence-corrected chi connectivity index (χ3v) is 3.71. The average molecular weight is 141 g/mol. The maximum atomic E-state index is 3.96. The van der Waals surface area contributed by atoms with E-state index >= 15 is 0 Å². The van der Waals surface area contributed by atoms with Crippen LogP contribution in [0, 0.1) is 0 Å². The molecule has 0 bridgehead atoms. The van der Waals surface area contributed by atoms with E-state index in [0.29, 0.717) is 5.54 Å². The van der Waals surface area contributed by atoms with Gasteiger partial charge in [-0.1, -0.05) is 6.58 Å². The zero-order valence-electron chi connectivity index (χ0n) is 5.68. The van der Waals surface area contributed by atoms with E-state index in [1.807, 2.05) is 11.8 Å². The molecule has 1 nitrogen and oxygen atoms in total. The normalized spacial score (nSPS) is 29.9. The Morgan fingerprint density at radius 2 is 2.33 bits per heavy atom. The molecule has 1 aliphatic heterocycles. The first-order valence-corrected chi connectivity index (χ1v) is 4.29. The summed E-state index contributed by atoms with van der Waals surface area (Å²) in [7, 11) is 2.16. The van der Waals surface area contributed by atoms with Crippen LogP contribution in [0.2, 0.25) is 0 Å². The molecule has 2 rings (SSSR count). The average Bonchev–Trinajstić information content (AvgIpc) is 2.57. The molecular weight excluding hydrogens is 130 g/mol. The lowest BCUT2D eigenvalue weighted by Gasteiger charge is -2.19. The van der Waals surface area contributed by atoms with Gasteiger partial charge in [-0.15, -0.1) is 11.8 Å². The van der Waals surface area contributed by atoms with Gasteiger partial charge in [-0.25, -0.2) is 0 Å². The van der Waals surface area contributed by atoms with Crippen LogP contribution in [0.1, 0.15) is 12.8 Å². The van der Waals surface area contributed by atoms with Crippen LogP contribution in [0.5, 0.6) is 0 Å². The molecule has 1 saturated heterocycles. The summed E-state index contributed by atoms with van der Waals surface area (Å²) in [6.07, 6.45) is 2.77. The van der Waals surface area contributed by atoms with Gasteiger partial charge in [0.2, 0.25) is 0 Å². The lowest BCUT2D eigenvalue weighted by molar-refractivity contribution is 0.345. The standard InChI is InChI=1S/C7H11NS/c1-6-8(2)7(3-4-7)5-9-6/h1,3-5H2,2H3. The fourth-order valence-corrected chi connectivity index (χ4v) is 2.60. The summed E-state index contributed by atoms with van der Waals surface area (Å²) in [5.41, 5.74) is 0.571. The number of nitrogens with zero attached hydrogens (tertiary/aromatic N) is 1. The molecule has 1 heterocycles. The first-order chi connectivity index (χ1) is 4.25. The zero-order chi connectivity index (χ0) is 6.48. The van der Waals surface area contributed by atoms with Gasteiger partial charge in [0.15, 0.2) is 0 Å². The predicted octanol–water partition coefficient (Wildman–Crippen LogP) is 1.67. The van der Waals surface area contributed by atoms with Crippen molar-refractivity contribution in [1.82, 2.24) is 4.90 Å². The number of hydrogen-bond acceptors (Lipinski definition) is 2. The van der Waals surface area contributed by atoms with E-state index < -0.39 is 0 Å². The van der Waals surface area contributed by atoms with Crippen molar-refractivity contribution in [3.8, 4) is 0 Å². The first kappa shape index (κ1) is 5.66. The van der Waals surface area contributed by atoms with Crippen molar-refractivity contribution in [3.05, 3.63) is 11.6 Å². The Kier molecular flexibility index (Phi) is 0.933. The fraction of sp³-hybridized carbons (Fsp3) is 0.714. The molecule has 0 aromatic carbocycles. The minimum atomic E-state index is 0.571. The second kappa shape index (κ2) is 1.48. The van der Waals surface area contributed by atoms with Crippen molar-refractivity contribution in [3.63, 3.8) is 0 Å². The third-order valence-electron chi connectivity index (χ3n) is 2.42. The molecule has 50 valence electrons. The predicted molar refractivity (Wildman–Crippen MR) is 41.3 cm³/mol. The molecule has 2 heteroatoms. The number of thioether (sulfide) groups is 1. The Bertz CT molecular complexity index is 160. The maximum absolute atomic E-state index is 3.96. The van der Waals surface area contributed by atoms with Crippen molar-refractivity contribution < 1.29 is 0 Å². The second-order valence-electron chi connectivity index (χ2n) is 2.97. The van der Waals surface area contributed by atoms with Crippen LogP contribution in [0.4, 0.5) is 0 Å². The smallest absolute Gasteiger partial charge is 0.0637 e. The molecule has 9 heavy (non-hydrogen) atoms. The Morgan fingerprint density at radius 1 is 1.67 bits per heavy atom. The molecule has 0 amide bonds. The Hall–Kier alpha value is -0.110. The summed E-state index contributed by atoms with van der Waals surface area (Å²) in [6, 6.07) is 0. The van der Waals surface area contributed by atoms with Crippen LogP contribution in [-0.4, -0.2) is 23.2 Å². The summed E-state index contributed by atoms with van der Waals surface area (Å²) < 4.78 is 0. The van der Waals surface area contributed by atoms with Crippen LogP contribution in [0.15, 0.2) is 11.6 Å². The van der Waals surface area contributed by atoms with Gasteiger partial charge in [0.05, 0.1) is 5.03 Å². The van der Waals surface area contributed by atoms with Gasteiger partial charge in [0.25, 0.3) is 0 Å². The van der Waals surface area contributed by atoms with E-state index in [2.05, 4.69) is 18.5 Å². The molecule has 1 saturated carbocycles. The Balaban J connectivity index is 2.22. The second-order valence-corrected chi connectivity index (χ2v) is 4.01. The highest BCUT2D eigenvalue weighted by Gasteiger charge is 2.50. The molecule has 0 aromatic heterocycles. The number of rotatable bonds is 0. The van der Waals surface area contributed by atoms with Crippen molar-refractivity contribution in [2.75, 3.05) is 12.8 Å². The highest BCUT2D eigenvalue weighted by molar-refractivity contribution is 8.03. The molecule has 0 atom stereocenters. The van der Waals surface area contributed by atoms with Gasteiger partial charge in [0.1, 0.15) is 0 Å². The van der Waals surface area contributed by atoms with Crippen molar-refractivity contribution in [2.45, 2.75) is 18.4 Å². The third kappa shape index (κ3) is 0.627. The SMILES string of the molecule is C=C1SCC2(CC2)N1C. The minimum Gasteiger partial charge on any atom is -0.363 e. The molecule has 0 radical (unpaired) electrons. The molecule has 1 spiro atoms. The van der Waals surface area contributed by atoms with Gasteiger partial charge >= 0.3 is 0 Å². The van der Waals surface area contributed by atoms with Gasteiger partial charge in [0, 0.05) is 18.3 Å². The van der Waals surface area contributed by atoms with Crippen molar-refractivity contribution in [1.29, 1.82) is 0 Å². The van der Waals surface area contributed by atoms with Crippen LogP contribution in [-0.2, 0) is 0 Å². The van der Waals surface area contributed by atoms with Gasteiger partial charge < -0.3 is 4.90 Å². The van der Waals surface area contributed by atoms with Crippen LogP contribution >= 0.6 is 11.8 Å². The van der Waals surface area contributed by atoms with Crippen molar-refractivity contribution in [2.24, 2.45) is 0 Å². The maximum Gasteiger partial charge on any atom is 0.0637 e. The molecule has 0 aromatic rings. The highest BCUT2D eigenvalue weighted by atomic mass is 32.2. The molecule has 0 N–H and O–H groups in total. The summed E-state index contributed by atoms with van der Waals surface area (Å²) in [5, 5.41) is 1.26. The quantitative estimate of drug-likeness (QED) is 0.505.